The third kappa shape index (κ3) is 3.89. The number of aryl methyl sites for hydroxylation is 1. The number of rotatable bonds is 7. The van der Waals surface area contributed by atoms with Gasteiger partial charge in [0.05, 0.1) is 0 Å². The van der Waals surface area contributed by atoms with Crippen LogP contribution in [0.15, 0.2) is 16.6 Å². The number of unbranched alkanes of at least 4 members (excludes halogenated alkanes) is 2. The Balaban J connectivity index is 1.44. The van der Waals surface area contributed by atoms with Gasteiger partial charge >= 0.3 is 0 Å². The third-order valence-corrected chi connectivity index (χ3v) is 4.58. The zero-order valence-corrected chi connectivity index (χ0v) is 13.4. The molecule has 1 heterocycles. The number of benzene rings is 1. The summed E-state index contributed by atoms with van der Waals surface area (Å²) in [5.41, 5.74) is 1.32. The molecular formula is C16H22BrNO2. The van der Waals surface area contributed by atoms with Crippen LogP contribution >= 0.6 is 15.9 Å². The van der Waals surface area contributed by atoms with Gasteiger partial charge in [0.2, 0.25) is 0 Å². The highest BCUT2D eigenvalue weighted by molar-refractivity contribution is 9.10. The molecule has 1 aromatic carbocycles. The van der Waals surface area contributed by atoms with Crippen LogP contribution in [-0.2, 0) is 6.42 Å². The van der Waals surface area contributed by atoms with Crippen LogP contribution in [0.1, 0.15) is 37.7 Å². The standard InChI is InChI=1S/C16H22BrNO2/c17-14-11-16-15(19-8-9-20-16)10-12(14)4-2-1-3-7-18-13-5-6-13/h10-11,13,18H,1-9H2. The second kappa shape index (κ2) is 6.81. The lowest BCUT2D eigenvalue weighted by atomic mass is 10.1. The highest BCUT2D eigenvalue weighted by Crippen LogP contribution is 2.36. The Morgan fingerprint density at radius 3 is 2.55 bits per heavy atom. The largest absolute Gasteiger partial charge is 0.486 e. The van der Waals surface area contributed by atoms with Crippen molar-refractivity contribution in [3.8, 4) is 11.5 Å². The molecule has 1 N–H and O–H groups in total. The van der Waals surface area contributed by atoms with Crippen molar-refractivity contribution in [1.29, 1.82) is 0 Å². The highest BCUT2D eigenvalue weighted by Gasteiger charge is 2.19. The van der Waals surface area contributed by atoms with E-state index in [2.05, 4.69) is 27.3 Å². The van der Waals surface area contributed by atoms with Crippen LogP contribution in [0, 0.1) is 0 Å². The van der Waals surface area contributed by atoms with E-state index in [4.69, 9.17) is 9.47 Å². The molecule has 3 rings (SSSR count). The van der Waals surface area contributed by atoms with Gasteiger partial charge in [-0.3, -0.25) is 0 Å². The average molecular weight is 340 g/mol. The monoisotopic (exact) mass is 339 g/mol. The second-order valence-electron chi connectivity index (χ2n) is 5.63. The lowest BCUT2D eigenvalue weighted by Crippen LogP contribution is -2.17. The van der Waals surface area contributed by atoms with Crippen LogP contribution in [-0.4, -0.2) is 25.8 Å². The predicted octanol–water partition coefficient (Wildman–Crippen LogP) is 3.69. The average Bonchev–Trinajstić information content (AvgIpc) is 3.27. The summed E-state index contributed by atoms with van der Waals surface area (Å²) in [6, 6.07) is 5.00. The number of halogens is 1. The topological polar surface area (TPSA) is 30.5 Å². The van der Waals surface area contributed by atoms with E-state index in [1.54, 1.807) is 0 Å². The van der Waals surface area contributed by atoms with Crippen LogP contribution in [0.3, 0.4) is 0 Å². The van der Waals surface area contributed by atoms with Crippen molar-refractivity contribution >= 4 is 15.9 Å². The smallest absolute Gasteiger partial charge is 0.162 e. The Labute approximate surface area is 129 Å². The number of hydrogen-bond donors (Lipinski definition) is 1. The van der Waals surface area contributed by atoms with E-state index in [9.17, 15) is 0 Å². The molecule has 1 aliphatic heterocycles. The fourth-order valence-corrected chi connectivity index (χ4v) is 3.03. The minimum absolute atomic E-state index is 0.646. The van der Waals surface area contributed by atoms with Gasteiger partial charge in [0.1, 0.15) is 13.2 Å². The normalized spacial score (nSPS) is 17.2. The number of fused-ring (bicyclic) bond motifs is 1. The van der Waals surface area contributed by atoms with Gasteiger partial charge < -0.3 is 14.8 Å². The summed E-state index contributed by atoms with van der Waals surface area (Å²) in [6.07, 6.45) is 7.64. The van der Waals surface area contributed by atoms with E-state index in [-0.39, 0.29) is 0 Å². The van der Waals surface area contributed by atoms with E-state index in [1.807, 2.05) is 6.07 Å². The summed E-state index contributed by atoms with van der Waals surface area (Å²) in [5, 5.41) is 3.56. The van der Waals surface area contributed by atoms with E-state index in [0.717, 1.165) is 28.4 Å². The summed E-state index contributed by atoms with van der Waals surface area (Å²) in [5.74, 6) is 1.75. The molecule has 20 heavy (non-hydrogen) atoms. The van der Waals surface area contributed by atoms with Gasteiger partial charge in [-0.25, -0.2) is 0 Å². The van der Waals surface area contributed by atoms with Crippen molar-refractivity contribution < 1.29 is 9.47 Å². The SMILES string of the molecule is Brc1cc2c(cc1CCCCCNC1CC1)OCCO2. The molecule has 0 spiro atoms. The predicted molar refractivity (Wildman–Crippen MR) is 83.7 cm³/mol. The summed E-state index contributed by atoms with van der Waals surface area (Å²) in [6.45, 7) is 2.47. The Bertz CT molecular complexity index is 460. The van der Waals surface area contributed by atoms with Gasteiger partial charge in [-0.1, -0.05) is 22.4 Å². The highest BCUT2D eigenvalue weighted by atomic mass is 79.9. The maximum Gasteiger partial charge on any atom is 0.162 e. The molecule has 1 aromatic rings. The minimum atomic E-state index is 0.646. The van der Waals surface area contributed by atoms with Crippen molar-refractivity contribution in [1.82, 2.24) is 5.32 Å². The lowest BCUT2D eigenvalue weighted by Gasteiger charge is -2.20. The fraction of sp³-hybridized carbons (Fsp3) is 0.625. The van der Waals surface area contributed by atoms with Crippen LogP contribution in [0.2, 0.25) is 0 Å². The molecule has 0 radical (unpaired) electrons. The zero-order chi connectivity index (χ0) is 13.8. The van der Waals surface area contributed by atoms with Gasteiger partial charge in [0, 0.05) is 10.5 Å². The molecule has 0 unspecified atom stereocenters. The van der Waals surface area contributed by atoms with E-state index < -0.39 is 0 Å². The first-order chi connectivity index (χ1) is 9.83. The van der Waals surface area contributed by atoms with Crippen LogP contribution in [0.25, 0.3) is 0 Å². The first kappa shape index (κ1) is 14.2. The van der Waals surface area contributed by atoms with Crippen molar-refractivity contribution in [2.45, 2.75) is 44.6 Å². The molecule has 110 valence electrons. The van der Waals surface area contributed by atoms with Gasteiger partial charge in [0.15, 0.2) is 11.5 Å². The summed E-state index contributed by atoms with van der Waals surface area (Å²) >= 11 is 3.64. The third-order valence-electron chi connectivity index (χ3n) is 3.84. The van der Waals surface area contributed by atoms with Crippen molar-refractivity contribution in [2.75, 3.05) is 19.8 Å². The number of hydrogen-bond acceptors (Lipinski definition) is 3. The summed E-state index contributed by atoms with van der Waals surface area (Å²) < 4.78 is 12.4. The second-order valence-corrected chi connectivity index (χ2v) is 6.48. The lowest BCUT2D eigenvalue weighted by molar-refractivity contribution is 0.171. The molecule has 0 aromatic heterocycles. The summed E-state index contributed by atoms with van der Waals surface area (Å²) in [4.78, 5) is 0. The van der Waals surface area contributed by atoms with E-state index in [0.29, 0.717) is 13.2 Å². The molecular weight excluding hydrogens is 318 g/mol. The molecule has 3 nitrogen and oxygen atoms in total. The molecule has 1 saturated carbocycles. The van der Waals surface area contributed by atoms with Crippen LogP contribution < -0.4 is 14.8 Å². The maximum atomic E-state index is 5.64. The van der Waals surface area contributed by atoms with Crippen molar-refractivity contribution in [3.05, 3.63) is 22.2 Å². The van der Waals surface area contributed by atoms with E-state index >= 15 is 0 Å². The van der Waals surface area contributed by atoms with Gasteiger partial charge in [-0.05, 0) is 56.3 Å². The zero-order valence-electron chi connectivity index (χ0n) is 11.8. The number of ether oxygens (including phenoxy) is 2. The molecule has 1 fully saturated rings. The first-order valence-electron chi connectivity index (χ1n) is 7.64. The van der Waals surface area contributed by atoms with Crippen molar-refractivity contribution in [2.24, 2.45) is 0 Å². The molecule has 0 atom stereocenters. The van der Waals surface area contributed by atoms with Gasteiger partial charge in [-0.2, -0.15) is 0 Å². The Morgan fingerprint density at radius 1 is 1.05 bits per heavy atom. The Morgan fingerprint density at radius 2 is 1.80 bits per heavy atom. The molecule has 1 aliphatic carbocycles. The maximum absolute atomic E-state index is 5.64. The molecule has 2 aliphatic rings. The number of nitrogens with one attached hydrogen (secondary N) is 1. The summed E-state index contributed by atoms with van der Waals surface area (Å²) in [7, 11) is 0. The quantitative estimate of drug-likeness (QED) is 0.768. The van der Waals surface area contributed by atoms with Gasteiger partial charge in [-0.15, -0.1) is 0 Å². The Hall–Kier alpha value is -0.740. The Kier molecular flexibility index (Phi) is 4.84. The molecule has 0 saturated heterocycles. The first-order valence-corrected chi connectivity index (χ1v) is 8.43. The molecule has 0 bridgehead atoms. The molecule has 0 amide bonds. The fourth-order valence-electron chi connectivity index (χ4n) is 2.51. The van der Waals surface area contributed by atoms with Crippen LogP contribution in [0.4, 0.5) is 0 Å². The van der Waals surface area contributed by atoms with E-state index in [1.165, 1.54) is 44.2 Å². The van der Waals surface area contributed by atoms with Crippen molar-refractivity contribution in [3.63, 3.8) is 0 Å². The molecule has 4 heteroatoms. The minimum Gasteiger partial charge on any atom is -0.486 e. The van der Waals surface area contributed by atoms with Gasteiger partial charge in [0.25, 0.3) is 0 Å². The van der Waals surface area contributed by atoms with Crippen LogP contribution in [0.5, 0.6) is 11.5 Å².